The Bertz CT molecular complexity index is 3770. The van der Waals surface area contributed by atoms with Crippen LogP contribution in [0.15, 0.2) is 231 Å². The fraction of sp³-hybridized carbons (Fsp3) is 0.0164. The first-order chi connectivity index (χ1) is 32.8. The molecule has 0 amide bonds. The summed E-state index contributed by atoms with van der Waals surface area (Å²) in [6.07, 6.45) is 0. The summed E-state index contributed by atoms with van der Waals surface area (Å²) in [4.78, 5) is 5.28. The van der Waals surface area contributed by atoms with Gasteiger partial charge in [-0.1, -0.05) is 187 Å². The lowest BCUT2D eigenvalue weighted by Crippen LogP contribution is -2.70. The van der Waals surface area contributed by atoms with Gasteiger partial charge in [0.15, 0.2) is 0 Å². The molecule has 0 N–H and O–H groups in total. The lowest BCUT2D eigenvalue weighted by Gasteiger charge is -2.53. The third kappa shape index (κ3) is 4.67. The number of thiophene rings is 1. The molecule has 2 nitrogen and oxygen atoms in total. The van der Waals surface area contributed by atoms with Gasteiger partial charge < -0.3 is 9.80 Å². The summed E-state index contributed by atoms with van der Waals surface area (Å²) < 4.78 is 2.64. The van der Waals surface area contributed by atoms with Crippen molar-refractivity contribution < 1.29 is 0 Å². The number of fused-ring (bicyclic) bond motifs is 13. The van der Waals surface area contributed by atoms with Gasteiger partial charge in [0.1, 0.15) is 0 Å². The predicted molar refractivity (Wildman–Crippen MR) is 282 cm³/mol. The van der Waals surface area contributed by atoms with Crippen molar-refractivity contribution in [1.29, 1.82) is 0 Å². The molecule has 0 radical (unpaired) electrons. The molecule has 5 heteroatoms. The molecule has 66 heavy (non-hydrogen) atoms. The molecule has 15 rings (SSSR count). The summed E-state index contributed by atoms with van der Waals surface area (Å²) in [6.45, 7) is 0.0484. The highest BCUT2D eigenvalue weighted by Crippen LogP contribution is 2.53. The Labute approximate surface area is 388 Å². The molecule has 10 aromatic carbocycles. The van der Waals surface area contributed by atoms with Gasteiger partial charge >= 0.3 is 0 Å². The Morgan fingerprint density at radius 2 is 0.864 bits per heavy atom. The van der Waals surface area contributed by atoms with E-state index in [1.165, 1.54) is 120 Å². The van der Waals surface area contributed by atoms with E-state index in [4.69, 9.17) is 0 Å². The van der Waals surface area contributed by atoms with Crippen LogP contribution in [0.5, 0.6) is 0 Å². The molecule has 0 atom stereocenters. The molecule has 1 aromatic heterocycles. The molecule has 0 aliphatic carbocycles. The van der Waals surface area contributed by atoms with Crippen molar-refractivity contribution in [2.75, 3.05) is 9.80 Å². The largest absolute Gasteiger partial charge is 0.312 e. The van der Waals surface area contributed by atoms with Gasteiger partial charge in [0.05, 0.1) is 11.1 Å². The van der Waals surface area contributed by atoms with Gasteiger partial charge in [0.2, 0.25) is 6.71 Å². The van der Waals surface area contributed by atoms with Crippen molar-refractivity contribution in [1.82, 2.24) is 0 Å². The van der Waals surface area contributed by atoms with Crippen molar-refractivity contribution in [2.24, 2.45) is 0 Å². The van der Waals surface area contributed by atoms with Crippen LogP contribution >= 0.6 is 11.3 Å². The van der Waals surface area contributed by atoms with E-state index in [2.05, 4.69) is 240 Å². The molecular weight excluding hydrogens is 814 g/mol. The summed E-state index contributed by atoms with van der Waals surface area (Å²) in [5.41, 5.74) is 22.6. The van der Waals surface area contributed by atoms with Crippen LogP contribution in [-0.4, -0.2) is 13.4 Å². The summed E-state index contributed by atoms with van der Waals surface area (Å²) in [6, 6.07) is 87.4. The Hall–Kier alpha value is -7.85. The first-order valence-electron chi connectivity index (χ1n) is 23.1. The molecule has 4 aliphatic rings. The van der Waals surface area contributed by atoms with E-state index in [1.807, 2.05) is 11.3 Å². The van der Waals surface area contributed by atoms with Gasteiger partial charge in [-0.05, 0) is 104 Å². The molecule has 4 aliphatic heterocycles. The maximum Gasteiger partial charge on any atom is 0.252 e. The van der Waals surface area contributed by atoms with Crippen LogP contribution in [0.2, 0.25) is 0 Å². The van der Waals surface area contributed by atoms with Gasteiger partial charge in [0.25, 0.3) is 6.71 Å². The van der Waals surface area contributed by atoms with Gasteiger partial charge in [-0.25, -0.2) is 0 Å². The second kappa shape index (κ2) is 13.6. The van der Waals surface area contributed by atoms with Crippen LogP contribution in [0.3, 0.4) is 0 Å². The van der Waals surface area contributed by atoms with Gasteiger partial charge in [-0.15, -0.1) is 11.3 Å². The van der Waals surface area contributed by atoms with Gasteiger partial charge in [0, 0.05) is 54.2 Å². The zero-order valence-corrected chi connectivity index (χ0v) is 36.7. The van der Waals surface area contributed by atoms with E-state index in [1.54, 1.807) is 0 Å². The van der Waals surface area contributed by atoms with Gasteiger partial charge in [-0.3, -0.25) is 0 Å². The van der Waals surface area contributed by atoms with Gasteiger partial charge in [-0.2, -0.15) is 0 Å². The minimum atomic E-state index is -0.631. The van der Waals surface area contributed by atoms with Crippen LogP contribution in [0.1, 0.15) is 22.3 Å². The summed E-state index contributed by atoms with van der Waals surface area (Å²) in [5.74, 6) is 0. The van der Waals surface area contributed by atoms with E-state index in [9.17, 15) is 0 Å². The van der Waals surface area contributed by atoms with E-state index in [-0.39, 0.29) is 13.4 Å². The minimum Gasteiger partial charge on any atom is -0.312 e. The Morgan fingerprint density at radius 3 is 1.55 bits per heavy atom. The van der Waals surface area contributed by atoms with Crippen LogP contribution in [-0.2, 0) is 5.41 Å². The van der Waals surface area contributed by atoms with Crippen molar-refractivity contribution in [2.45, 2.75) is 5.41 Å². The smallest absolute Gasteiger partial charge is 0.252 e. The second-order valence-electron chi connectivity index (χ2n) is 18.2. The number of para-hydroxylation sites is 4. The Balaban J connectivity index is 1.12. The standard InChI is InChI=1S/C61H38B2N2S/c1-3-19-40(20-4-1)61(41-21-5-2-6-22-41)45-25-9-10-26-47(45)62-49-28-12-16-32-53(49)65-54-33-17-13-29-50(54)63-48-27-11-15-31-52(48)64(55-38-46(61)58(62)60(65)59(55)63)51-30-14-7-23-42(51)39-35-36-57-44(37-39)43-24-8-18-34-56(43)66-57/h1-38H. The molecule has 0 saturated carbocycles. The average molecular weight is 853 g/mol. The van der Waals surface area contributed by atoms with Crippen LogP contribution in [0, 0.1) is 0 Å². The number of hydrogen-bond donors (Lipinski definition) is 0. The molecule has 0 fully saturated rings. The minimum absolute atomic E-state index is 0.0202. The van der Waals surface area contributed by atoms with E-state index < -0.39 is 5.41 Å². The molecule has 304 valence electrons. The van der Waals surface area contributed by atoms with E-state index >= 15 is 0 Å². The lowest BCUT2D eigenvalue weighted by atomic mass is 9.26. The third-order valence-electron chi connectivity index (χ3n) is 15.2. The second-order valence-corrected chi connectivity index (χ2v) is 19.3. The topological polar surface area (TPSA) is 6.48 Å². The highest BCUT2D eigenvalue weighted by atomic mass is 32.1. The fourth-order valence-corrected chi connectivity index (χ4v) is 13.8. The molecule has 0 bridgehead atoms. The van der Waals surface area contributed by atoms with Crippen molar-refractivity contribution in [3.05, 3.63) is 253 Å². The van der Waals surface area contributed by atoms with Crippen molar-refractivity contribution in [3.63, 3.8) is 0 Å². The number of rotatable bonds is 4. The number of anilines is 6. The maximum absolute atomic E-state index is 2.65. The fourth-order valence-electron chi connectivity index (χ4n) is 12.7. The highest BCUT2D eigenvalue weighted by molar-refractivity contribution is 7.25. The number of hydrogen-bond acceptors (Lipinski definition) is 3. The predicted octanol–water partition coefficient (Wildman–Crippen LogP) is 11.3. The van der Waals surface area contributed by atoms with Crippen molar-refractivity contribution >= 4 is 112 Å². The highest BCUT2D eigenvalue weighted by Gasteiger charge is 2.55. The maximum atomic E-state index is 2.65. The zero-order valence-electron chi connectivity index (χ0n) is 35.9. The summed E-state index contributed by atoms with van der Waals surface area (Å²) in [7, 11) is 0. The Kier molecular flexibility index (Phi) is 7.51. The molecule has 0 unspecified atom stereocenters. The summed E-state index contributed by atoms with van der Waals surface area (Å²) >= 11 is 1.87. The third-order valence-corrected chi connectivity index (χ3v) is 16.3. The number of nitrogens with zero attached hydrogens (tertiary/aromatic N) is 2. The zero-order chi connectivity index (χ0) is 43.1. The molecular formula is C61H38B2N2S. The van der Waals surface area contributed by atoms with Crippen LogP contribution in [0.25, 0.3) is 31.3 Å². The first-order valence-corrected chi connectivity index (χ1v) is 23.9. The lowest BCUT2D eigenvalue weighted by molar-refractivity contribution is 0.751. The monoisotopic (exact) mass is 852 g/mol. The average Bonchev–Trinajstić information content (AvgIpc) is 3.77. The molecule has 0 spiro atoms. The van der Waals surface area contributed by atoms with E-state index in [0.29, 0.717) is 0 Å². The number of benzene rings is 10. The van der Waals surface area contributed by atoms with E-state index in [0.717, 1.165) is 0 Å². The SMILES string of the molecule is c1ccc(C2(c3ccccc3)c3ccccc3B3c4ccccc4N4c5ccccc5B5c6ccccc6N(c6ccccc6-c6ccc7sc8ccccc8c7c6)c6cc2c3c4c65)cc1. The van der Waals surface area contributed by atoms with Crippen molar-refractivity contribution in [3.8, 4) is 11.1 Å². The molecule has 11 aromatic rings. The van der Waals surface area contributed by atoms with Crippen LogP contribution < -0.4 is 42.6 Å². The first kappa shape index (κ1) is 36.5. The molecule has 0 saturated heterocycles. The Morgan fingerprint density at radius 1 is 0.348 bits per heavy atom. The summed E-state index contributed by atoms with van der Waals surface area (Å²) in [5, 5.41) is 2.62. The quantitative estimate of drug-likeness (QED) is 0.163. The van der Waals surface area contributed by atoms with Crippen LogP contribution in [0.4, 0.5) is 34.1 Å². The normalized spacial score (nSPS) is 14.4. The molecule has 5 heterocycles.